The first-order valence-corrected chi connectivity index (χ1v) is 9.61. The molecule has 0 radical (unpaired) electrons. The maximum atomic E-state index is 13.0. The lowest BCUT2D eigenvalue weighted by molar-refractivity contribution is 0.0278. The van der Waals surface area contributed by atoms with Gasteiger partial charge in [-0.05, 0) is 30.5 Å². The minimum absolute atomic E-state index is 0.0162. The van der Waals surface area contributed by atoms with E-state index in [0.29, 0.717) is 12.8 Å². The van der Waals surface area contributed by atoms with Gasteiger partial charge in [0.25, 0.3) is 10.0 Å². The van der Waals surface area contributed by atoms with Gasteiger partial charge >= 0.3 is 0 Å². The first-order valence-electron chi connectivity index (χ1n) is 8.17. The van der Waals surface area contributed by atoms with Crippen molar-refractivity contribution >= 4 is 10.0 Å². The van der Waals surface area contributed by atoms with Crippen LogP contribution in [0, 0.1) is 0 Å². The van der Waals surface area contributed by atoms with Crippen LogP contribution in [0.25, 0.3) is 0 Å². The Morgan fingerprint density at radius 1 is 1.04 bits per heavy atom. The van der Waals surface area contributed by atoms with Crippen LogP contribution in [0.4, 0.5) is 0 Å². The summed E-state index contributed by atoms with van der Waals surface area (Å²) in [5.74, 6) is 0. The molecule has 0 bridgehead atoms. The van der Waals surface area contributed by atoms with Gasteiger partial charge in [-0.2, -0.15) is 4.31 Å². The van der Waals surface area contributed by atoms with Crippen LogP contribution in [0.2, 0.25) is 0 Å². The minimum atomic E-state index is -3.76. The van der Waals surface area contributed by atoms with Gasteiger partial charge in [0.2, 0.25) is 0 Å². The molecule has 128 valence electrons. The van der Waals surface area contributed by atoms with E-state index in [1.165, 1.54) is 16.6 Å². The van der Waals surface area contributed by atoms with Gasteiger partial charge in [-0.3, -0.25) is 0 Å². The molecule has 5 nitrogen and oxygen atoms in total. The first-order chi connectivity index (χ1) is 11.5. The zero-order valence-electron chi connectivity index (χ0n) is 13.5. The Bertz CT molecular complexity index is 757. The summed E-state index contributed by atoms with van der Waals surface area (Å²) in [6, 6.07) is 14.3. The van der Waals surface area contributed by atoms with Gasteiger partial charge in [-0.15, -0.1) is 0 Å². The van der Waals surface area contributed by atoms with Crippen LogP contribution in [-0.4, -0.2) is 35.0 Å². The molecule has 0 saturated heterocycles. The average molecular weight is 346 g/mol. The monoisotopic (exact) mass is 346 g/mol. The second-order valence-corrected chi connectivity index (χ2v) is 8.24. The largest absolute Gasteiger partial charge is 0.389 e. The summed E-state index contributed by atoms with van der Waals surface area (Å²) in [6.07, 6.45) is 4.60. The molecular formula is C18H22N2O3S. The summed E-state index contributed by atoms with van der Waals surface area (Å²) in [5.41, 5.74) is -0.0602. The molecule has 0 atom stereocenters. The van der Waals surface area contributed by atoms with Crippen LogP contribution < -0.4 is 0 Å². The standard InChI is InChI=1S/C18H22N2O3S/c21-18(11-5-6-12-18)15-20(14-16-8-2-1-3-9-16)24(22,23)17-10-4-7-13-19-17/h1-4,7-10,13,21H,5-6,11-12,14-15H2. The van der Waals surface area contributed by atoms with Crippen molar-refractivity contribution in [3.63, 3.8) is 0 Å². The molecule has 0 spiro atoms. The van der Waals surface area contributed by atoms with Gasteiger partial charge in [-0.25, -0.2) is 13.4 Å². The lowest BCUT2D eigenvalue weighted by Crippen LogP contribution is -2.43. The average Bonchev–Trinajstić information content (AvgIpc) is 3.02. The number of sulfonamides is 1. The van der Waals surface area contributed by atoms with Crippen LogP contribution in [0.3, 0.4) is 0 Å². The molecule has 2 aromatic rings. The molecular weight excluding hydrogens is 324 g/mol. The second-order valence-electron chi connectivity index (χ2n) is 6.36. The predicted molar refractivity (Wildman–Crippen MR) is 91.7 cm³/mol. The molecule has 1 aliphatic carbocycles. The fourth-order valence-electron chi connectivity index (χ4n) is 3.16. The molecule has 1 aromatic heterocycles. The van der Waals surface area contributed by atoms with Crippen LogP contribution in [-0.2, 0) is 16.6 Å². The number of hydrogen-bond acceptors (Lipinski definition) is 4. The third-order valence-electron chi connectivity index (χ3n) is 4.45. The van der Waals surface area contributed by atoms with E-state index in [9.17, 15) is 13.5 Å². The summed E-state index contributed by atoms with van der Waals surface area (Å²) in [5, 5.41) is 10.7. The molecule has 1 aliphatic rings. The SMILES string of the molecule is O=S(=O)(c1ccccn1)N(Cc1ccccc1)CC1(O)CCCC1. The Morgan fingerprint density at radius 2 is 1.71 bits per heavy atom. The molecule has 6 heteroatoms. The topological polar surface area (TPSA) is 70.5 Å². The zero-order valence-corrected chi connectivity index (χ0v) is 14.3. The highest BCUT2D eigenvalue weighted by Crippen LogP contribution is 2.32. The Morgan fingerprint density at radius 3 is 2.33 bits per heavy atom. The smallest absolute Gasteiger partial charge is 0.260 e. The molecule has 1 saturated carbocycles. The van der Waals surface area contributed by atoms with Crippen molar-refractivity contribution in [1.29, 1.82) is 0 Å². The number of rotatable bonds is 6. The normalized spacial score (nSPS) is 17.2. The van der Waals surface area contributed by atoms with Gasteiger partial charge in [0.05, 0.1) is 5.60 Å². The highest BCUT2D eigenvalue weighted by atomic mass is 32.2. The van der Waals surface area contributed by atoms with E-state index >= 15 is 0 Å². The predicted octanol–water partition coefficient (Wildman–Crippen LogP) is 2.58. The van der Waals surface area contributed by atoms with Crippen LogP contribution >= 0.6 is 0 Å². The summed E-state index contributed by atoms with van der Waals surface area (Å²) >= 11 is 0. The van der Waals surface area contributed by atoms with Crippen molar-refractivity contribution in [3.05, 3.63) is 60.3 Å². The Labute approximate surface area is 143 Å². The summed E-state index contributed by atoms with van der Waals surface area (Å²) < 4.78 is 27.4. The molecule has 24 heavy (non-hydrogen) atoms. The number of benzene rings is 1. The molecule has 1 heterocycles. The molecule has 1 N–H and O–H groups in total. The van der Waals surface area contributed by atoms with Crippen molar-refractivity contribution in [3.8, 4) is 0 Å². The lowest BCUT2D eigenvalue weighted by atomic mass is 10.0. The Kier molecular flexibility index (Phi) is 4.99. The van der Waals surface area contributed by atoms with Crippen LogP contribution in [0.15, 0.2) is 59.8 Å². The van der Waals surface area contributed by atoms with Crippen molar-refractivity contribution in [2.24, 2.45) is 0 Å². The molecule has 1 fully saturated rings. The zero-order chi connectivity index (χ0) is 17.0. The lowest BCUT2D eigenvalue weighted by Gasteiger charge is -2.30. The quantitative estimate of drug-likeness (QED) is 0.873. The second kappa shape index (κ2) is 7.01. The third-order valence-corrected chi connectivity index (χ3v) is 6.16. The van der Waals surface area contributed by atoms with Crippen LogP contribution in [0.5, 0.6) is 0 Å². The van der Waals surface area contributed by atoms with Gasteiger partial charge in [0.15, 0.2) is 5.03 Å². The number of hydrogen-bond donors (Lipinski definition) is 1. The Hall–Kier alpha value is -1.76. The summed E-state index contributed by atoms with van der Waals surface area (Å²) in [4.78, 5) is 4.00. The number of nitrogens with zero attached hydrogens (tertiary/aromatic N) is 2. The third kappa shape index (κ3) is 3.83. The molecule has 3 rings (SSSR count). The molecule has 1 aromatic carbocycles. The van der Waals surface area contributed by atoms with E-state index in [1.54, 1.807) is 12.1 Å². The Balaban J connectivity index is 1.92. The minimum Gasteiger partial charge on any atom is -0.389 e. The number of aromatic nitrogens is 1. The van der Waals surface area contributed by atoms with E-state index in [2.05, 4.69) is 4.98 Å². The summed E-state index contributed by atoms with van der Waals surface area (Å²) in [6.45, 7) is 0.322. The van der Waals surface area contributed by atoms with Gasteiger partial charge in [-0.1, -0.05) is 49.2 Å². The summed E-state index contributed by atoms with van der Waals surface area (Å²) in [7, 11) is -3.76. The van der Waals surface area contributed by atoms with E-state index in [-0.39, 0.29) is 18.1 Å². The maximum absolute atomic E-state index is 13.0. The fraction of sp³-hybridized carbons (Fsp3) is 0.389. The van der Waals surface area contributed by atoms with E-state index in [4.69, 9.17) is 0 Å². The highest BCUT2D eigenvalue weighted by Gasteiger charge is 2.37. The van der Waals surface area contributed by atoms with E-state index < -0.39 is 15.6 Å². The van der Waals surface area contributed by atoms with E-state index in [0.717, 1.165) is 18.4 Å². The van der Waals surface area contributed by atoms with Gasteiger partial charge in [0.1, 0.15) is 0 Å². The first kappa shape index (κ1) is 17.1. The fourth-order valence-corrected chi connectivity index (χ4v) is 4.60. The number of pyridine rings is 1. The molecule has 0 unspecified atom stereocenters. The van der Waals surface area contributed by atoms with E-state index in [1.807, 2.05) is 30.3 Å². The van der Waals surface area contributed by atoms with Crippen molar-refractivity contribution in [1.82, 2.24) is 9.29 Å². The van der Waals surface area contributed by atoms with Crippen molar-refractivity contribution in [2.75, 3.05) is 6.54 Å². The highest BCUT2D eigenvalue weighted by molar-refractivity contribution is 7.89. The van der Waals surface area contributed by atoms with Crippen molar-refractivity contribution < 1.29 is 13.5 Å². The van der Waals surface area contributed by atoms with Gasteiger partial charge < -0.3 is 5.11 Å². The van der Waals surface area contributed by atoms with Crippen molar-refractivity contribution in [2.45, 2.75) is 42.9 Å². The van der Waals surface area contributed by atoms with Crippen LogP contribution in [0.1, 0.15) is 31.2 Å². The number of aliphatic hydroxyl groups is 1. The maximum Gasteiger partial charge on any atom is 0.260 e. The van der Waals surface area contributed by atoms with Gasteiger partial charge in [0, 0.05) is 19.3 Å². The molecule has 0 aliphatic heterocycles. The molecule has 0 amide bonds.